The Morgan fingerprint density at radius 1 is 1.18 bits per heavy atom. The molecule has 1 aromatic carbocycles. The van der Waals surface area contributed by atoms with Gasteiger partial charge in [0.15, 0.2) is 0 Å². The third-order valence-corrected chi connectivity index (χ3v) is 4.63. The lowest BCUT2D eigenvalue weighted by molar-refractivity contribution is -0.118. The van der Waals surface area contributed by atoms with Crippen LogP contribution in [0.25, 0.3) is 0 Å². The van der Waals surface area contributed by atoms with Crippen molar-refractivity contribution in [1.82, 2.24) is 25.3 Å². The Balaban J connectivity index is 1.91. The summed E-state index contributed by atoms with van der Waals surface area (Å²) in [7, 11) is 3.53. The number of likely N-dealkylation sites (N-methyl/N-ethyl adjacent to an activating group) is 2. The van der Waals surface area contributed by atoms with Gasteiger partial charge in [0.05, 0.1) is 6.20 Å². The predicted octanol–water partition coefficient (Wildman–Crippen LogP) is 1.39. The number of carbonyl (C=O) groups excluding carboxylic acids is 2. The van der Waals surface area contributed by atoms with Crippen molar-refractivity contribution in [2.45, 2.75) is 19.9 Å². The van der Waals surface area contributed by atoms with Gasteiger partial charge in [-0.1, -0.05) is 13.8 Å². The normalized spacial score (nSPS) is 12.0. The number of rotatable bonds is 10. The number of amides is 2. The van der Waals surface area contributed by atoms with E-state index >= 15 is 0 Å². The zero-order valence-electron chi connectivity index (χ0n) is 17.0. The van der Waals surface area contributed by atoms with Gasteiger partial charge in [0.2, 0.25) is 5.91 Å². The van der Waals surface area contributed by atoms with E-state index in [1.54, 1.807) is 55.4 Å². The highest BCUT2D eigenvalue weighted by molar-refractivity contribution is 5.97. The molecule has 1 aromatic heterocycles. The van der Waals surface area contributed by atoms with Gasteiger partial charge in [-0.05, 0) is 44.4 Å². The lowest BCUT2D eigenvalue weighted by atomic mass is 10.1. The summed E-state index contributed by atoms with van der Waals surface area (Å²) < 4.78 is 1.65. The van der Waals surface area contributed by atoms with Gasteiger partial charge in [-0.15, -0.1) is 0 Å². The molecular formula is C20H30N6O2. The predicted molar refractivity (Wildman–Crippen MR) is 110 cm³/mol. The molecule has 8 nitrogen and oxygen atoms in total. The van der Waals surface area contributed by atoms with Gasteiger partial charge in [-0.25, -0.2) is 0 Å². The molecule has 8 heteroatoms. The molecule has 0 saturated carbocycles. The van der Waals surface area contributed by atoms with E-state index in [1.807, 2.05) is 0 Å². The van der Waals surface area contributed by atoms with Crippen molar-refractivity contribution in [2.75, 3.05) is 38.5 Å². The van der Waals surface area contributed by atoms with Crippen molar-refractivity contribution >= 4 is 17.5 Å². The van der Waals surface area contributed by atoms with Gasteiger partial charge in [0, 0.05) is 43.1 Å². The zero-order chi connectivity index (χ0) is 20.5. The quantitative estimate of drug-likeness (QED) is 0.574. The Kier molecular flexibility index (Phi) is 8.16. The first-order chi connectivity index (χ1) is 13.5. The summed E-state index contributed by atoms with van der Waals surface area (Å²) in [6, 6.07) is 6.37. The minimum Gasteiger partial charge on any atom is -0.351 e. The number of hydrogen-bond donors (Lipinski definition) is 3. The van der Waals surface area contributed by atoms with E-state index in [4.69, 9.17) is 0 Å². The smallest absolute Gasteiger partial charge is 0.251 e. The second-order valence-corrected chi connectivity index (χ2v) is 6.52. The molecule has 1 atom stereocenters. The third kappa shape index (κ3) is 5.90. The fourth-order valence-corrected chi connectivity index (χ4v) is 2.93. The highest BCUT2D eigenvalue weighted by atomic mass is 16.2. The van der Waals surface area contributed by atoms with Gasteiger partial charge in [-0.2, -0.15) is 5.10 Å². The number of aryl methyl sites for hydroxylation is 1. The molecule has 2 rings (SSSR count). The lowest BCUT2D eigenvalue weighted by Gasteiger charge is -2.18. The summed E-state index contributed by atoms with van der Waals surface area (Å²) in [6.45, 7) is 7.57. The Bertz CT molecular complexity index is 767. The summed E-state index contributed by atoms with van der Waals surface area (Å²) >= 11 is 0. The number of nitrogens with one attached hydrogen (secondary N) is 3. The van der Waals surface area contributed by atoms with Crippen molar-refractivity contribution in [1.29, 1.82) is 0 Å². The minimum atomic E-state index is -0.503. The van der Waals surface area contributed by atoms with Gasteiger partial charge in [0.25, 0.3) is 5.91 Å². The molecule has 2 amide bonds. The average Bonchev–Trinajstić information content (AvgIpc) is 3.12. The lowest BCUT2D eigenvalue weighted by Crippen LogP contribution is -2.34. The number of carbonyl (C=O) groups is 2. The van der Waals surface area contributed by atoms with Crippen LogP contribution in [-0.4, -0.2) is 59.7 Å². The van der Waals surface area contributed by atoms with Crippen LogP contribution in [-0.2, 0) is 11.8 Å². The van der Waals surface area contributed by atoms with Gasteiger partial charge in [0.1, 0.15) is 6.04 Å². The monoisotopic (exact) mass is 386 g/mol. The Morgan fingerprint density at radius 2 is 1.86 bits per heavy atom. The Hall–Kier alpha value is -2.71. The molecule has 0 radical (unpaired) electrons. The van der Waals surface area contributed by atoms with Gasteiger partial charge in [-0.3, -0.25) is 14.3 Å². The molecule has 0 aliphatic heterocycles. The maximum atomic E-state index is 12.5. The van der Waals surface area contributed by atoms with E-state index in [-0.39, 0.29) is 11.8 Å². The van der Waals surface area contributed by atoms with Crippen LogP contribution in [0.3, 0.4) is 0 Å². The van der Waals surface area contributed by atoms with E-state index in [1.165, 1.54) is 0 Å². The zero-order valence-corrected chi connectivity index (χ0v) is 17.0. The van der Waals surface area contributed by atoms with Crippen LogP contribution in [0.4, 0.5) is 5.69 Å². The van der Waals surface area contributed by atoms with Gasteiger partial charge < -0.3 is 20.9 Å². The summed E-state index contributed by atoms with van der Waals surface area (Å²) in [6.07, 6.45) is 3.46. The number of hydrogen-bond acceptors (Lipinski definition) is 5. The van der Waals surface area contributed by atoms with Crippen molar-refractivity contribution in [3.63, 3.8) is 0 Å². The SMILES string of the molecule is CCN(CC)CCNC(=O)c1ccc(NC(=O)C(NC)c2cnn(C)c2)cc1. The molecule has 28 heavy (non-hydrogen) atoms. The first kappa shape index (κ1) is 21.6. The fraction of sp³-hybridized carbons (Fsp3) is 0.450. The summed E-state index contributed by atoms with van der Waals surface area (Å²) in [5.74, 6) is -0.305. The molecule has 0 bridgehead atoms. The summed E-state index contributed by atoms with van der Waals surface area (Å²) in [5.41, 5.74) is 1.98. The number of anilines is 1. The van der Waals surface area contributed by atoms with Crippen LogP contribution in [0, 0.1) is 0 Å². The average molecular weight is 387 g/mol. The van der Waals surface area contributed by atoms with Crippen molar-refractivity contribution in [2.24, 2.45) is 7.05 Å². The van der Waals surface area contributed by atoms with Crippen LogP contribution in [0.2, 0.25) is 0 Å². The van der Waals surface area contributed by atoms with Crippen molar-refractivity contribution < 1.29 is 9.59 Å². The highest BCUT2D eigenvalue weighted by Gasteiger charge is 2.20. The Morgan fingerprint density at radius 3 is 2.39 bits per heavy atom. The van der Waals surface area contributed by atoms with Crippen LogP contribution in [0.5, 0.6) is 0 Å². The van der Waals surface area contributed by atoms with Crippen LogP contribution in [0.1, 0.15) is 35.8 Å². The molecule has 152 valence electrons. The standard InChI is InChI=1S/C20H30N6O2/c1-5-26(6-2)12-11-22-19(27)15-7-9-17(10-8-15)24-20(28)18(21-3)16-13-23-25(4)14-16/h7-10,13-14,18,21H,5-6,11-12H2,1-4H3,(H,22,27)(H,24,28). The molecular weight excluding hydrogens is 356 g/mol. The number of aromatic nitrogens is 2. The summed E-state index contributed by atoms with van der Waals surface area (Å²) in [5, 5.41) is 12.9. The molecule has 1 unspecified atom stereocenters. The first-order valence-electron chi connectivity index (χ1n) is 9.55. The topological polar surface area (TPSA) is 91.3 Å². The molecule has 0 saturated heterocycles. The first-order valence-corrected chi connectivity index (χ1v) is 9.55. The molecule has 0 aliphatic carbocycles. The van der Waals surface area contributed by atoms with E-state index in [0.717, 1.165) is 25.2 Å². The van der Waals surface area contributed by atoms with Crippen molar-refractivity contribution in [3.8, 4) is 0 Å². The third-order valence-electron chi connectivity index (χ3n) is 4.63. The van der Waals surface area contributed by atoms with E-state index in [9.17, 15) is 9.59 Å². The molecule has 0 aliphatic rings. The largest absolute Gasteiger partial charge is 0.351 e. The van der Waals surface area contributed by atoms with Crippen LogP contribution >= 0.6 is 0 Å². The van der Waals surface area contributed by atoms with Crippen LogP contribution in [0.15, 0.2) is 36.7 Å². The van der Waals surface area contributed by atoms with E-state index in [2.05, 4.69) is 39.8 Å². The van der Waals surface area contributed by atoms with Crippen molar-refractivity contribution in [3.05, 3.63) is 47.8 Å². The molecule has 3 N–H and O–H groups in total. The molecule has 2 aromatic rings. The second-order valence-electron chi connectivity index (χ2n) is 6.52. The Labute approximate surface area is 166 Å². The minimum absolute atomic E-state index is 0.117. The maximum Gasteiger partial charge on any atom is 0.251 e. The number of benzene rings is 1. The molecule has 0 fully saturated rings. The molecule has 1 heterocycles. The van der Waals surface area contributed by atoms with E-state index < -0.39 is 6.04 Å². The number of nitrogens with zero attached hydrogens (tertiary/aromatic N) is 3. The fourth-order valence-electron chi connectivity index (χ4n) is 2.93. The maximum absolute atomic E-state index is 12.5. The van der Waals surface area contributed by atoms with Crippen LogP contribution < -0.4 is 16.0 Å². The molecule has 0 spiro atoms. The summed E-state index contributed by atoms with van der Waals surface area (Å²) in [4.78, 5) is 27.0. The highest BCUT2D eigenvalue weighted by Crippen LogP contribution is 2.16. The van der Waals surface area contributed by atoms with Gasteiger partial charge >= 0.3 is 0 Å². The van der Waals surface area contributed by atoms with E-state index in [0.29, 0.717) is 17.8 Å². The second kappa shape index (κ2) is 10.6.